The molecular formula is C18H18Cl3NO3S. The SMILES string of the molecule is CCc1cccc(CC)c1N(CC(=O)Cl)S(=O)(=O)c1cc(Cl)ccc1Cl. The first kappa shape index (κ1) is 21.0. The number of carbonyl (C=O) groups is 1. The van der Waals surface area contributed by atoms with Crippen LogP contribution in [0.1, 0.15) is 25.0 Å². The largest absolute Gasteiger partial charge is 0.279 e. The molecule has 0 saturated carbocycles. The number of aryl methyl sites for hydroxylation is 2. The molecule has 2 aromatic carbocycles. The number of nitrogens with zero attached hydrogens (tertiary/aromatic N) is 1. The Morgan fingerprint density at radius 3 is 2.12 bits per heavy atom. The Balaban J connectivity index is 2.77. The number of rotatable bonds is 7. The van der Waals surface area contributed by atoms with Crippen LogP contribution < -0.4 is 4.31 Å². The van der Waals surface area contributed by atoms with Crippen molar-refractivity contribution >= 4 is 55.8 Å². The summed E-state index contributed by atoms with van der Waals surface area (Å²) < 4.78 is 27.7. The summed E-state index contributed by atoms with van der Waals surface area (Å²) in [6.45, 7) is 3.33. The number of carbonyl (C=O) groups excluding carboxylic acids is 1. The Bertz CT molecular complexity index is 907. The molecule has 0 N–H and O–H groups in total. The lowest BCUT2D eigenvalue weighted by molar-refractivity contribution is -0.110. The molecule has 2 rings (SSSR count). The van der Waals surface area contributed by atoms with E-state index in [4.69, 9.17) is 34.8 Å². The fraction of sp³-hybridized carbons (Fsp3) is 0.278. The lowest BCUT2D eigenvalue weighted by Gasteiger charge is -2.28. The van der Waals surface area contributed by atoms with Crippen molar-refractivity contribution in [1.29, 1.82) is 0 Å². The third kappa shape index (κ3) is 4.34. The Morgan fingerprint density at radius 2 is 1.62 bits per heavy atom. The second-order valence-corrected chi connectivity index (χ2v) is 8.67. The summed E-state index contributed by atoms with van der Waals surface area (Å²) in [4.78, 5) is 11.5. The molecular weight excluding hydrogens is 417 g/mol. The number of sulfonamides is 1. The molecule has 4 nitrogen and oxygen atoms in total. The molecule has 0 saturated heterocycles. The molecule has 0 aliphatic rings. The predicted octanol–water partition coefficient (Wildman–Crippen LogP) is 5.08. The highest BCUT2D eigenvalue weighted by molar-refractivity contribution is 7.93. The molecule has 0 aliphatic heterocycles. The van der Waals surface area contributed by atoms with Crippen molar-refractivity contribution in [3.8, 4) is 0 Å². The summed E-state index contributed by atoms with van der Waals surface area (Å²) in [5.74, 6) is 0. The number of para-hydroxylation sites is 1. The van der Waals surface area contributed by atoms with Crippen molar-refractivity contribution in [2.75, 3.05) is 10.8 Å². The zero-order valence-electron chi connectivity index (χ0n) is 14.3. The average molecular weight is 435 g/mol. The molecule has 0 bridgehead atoms. The summed E-state index contributed by atoms with van der Waals surface area (Å²) in [6.07, 6.45) is 1.18. The van der Waals surface area contributed by atoms with Crippen LogP contribution in [0.15, 0.2) is 41.3 Å². The molecule has 8 heteroatoms. The van der Waals surface area contributed by atoms with E-state index in [1.165, 1.54) is 18.2 Å². The van der Waals surface area contributed by atoms with Gasteiger partial charge in [0.1, 0.15) is 11.4 Å². The van der Waals surface area contributed by atoms with E-state index in [2.05, 4.69) is 0 Å². The Morgan fingerprint density at radius 1 is 1.04 bits per heavy atom. The lowest BCUT2D eigenvalue weighted by atomic mass is 10.0. The first-order valence-electron chi connectivity index (χ1n) is 7.99. The zero-order chi connectivity index (χ0) is 19.5. The van der Waals surface area contributed by atoms with E-state index in [1.54, 1.807) is 0 Å². The number of hydrogen-bond donors (Lipinski definition) is 0. The summed E-state index contributed by atoms with van der Waals surface area (Å²) in [5, 5.41) is -0.544. The van der Waals surface area contributed by atoms with Crippen LogP contribution in [0, 0.1) is 0 Å². The van der Waals surface area contributed by atoms with Gasteiger partial charge in [0.05, 0.1) is 10.7 Å². The van der Waals surface area contributed by atoms with Crippen LogP contribution in [-0.2, 0) is 27.7 Å². The van der Waals surface area contributed by atoms with Crippen LogP contribution >= 0.6 is 34.8 Å². The molecule has 0 amide bonds. The second-order valence-electron chi connectivity index (χ2n) is 5.57. The molecule has 140 valence electrons. The van der Waals surface area contributed by atoms with Crippen molar-refractivity contribution in [2.45, 2.75) is 31.6 Å². The Hall–Kier alpha value is -1.27. The van der Waals surface area contributed by atoms with Gasteiger partial charge in [0.25, 0.3) is 10.0 Å². The predicted molar refractivity (Wildman–Crippen MR) is 107 cm³/mol. The first-order valence-corrected chi connectivity index (χ1v) is 10.6. The Kier molecular flexibility index (Phi) is 6.97. The van der Waals surface area contributed by atoms with Crippen LogP contribution in [0.5, 0.6) is 0 Å². The van der Waals surface area contributed by atoms with Crippen molar-refractivity contribution in [3.63, 3.8) is 0 Å². The van der Waals surface area contributed by atoms with E-state index >= 15 is 0 Å². The third-order valence-corrected chi connectivity index (χ3v) is 6.53. The fourth-order valence-corrected chi connectivity index (χ4v) is 5.15. The molecule has 0 fully saturated rings. The van der Waals surface area contributed by atoms with Crippen LogP contribution in [0.4, 0.5) is 5.69 Å². The highest BCUT2D eigenvalue weighted by Crippen LogP contribution is 2.35. The molecule has 0 atom stereocenters. The summed E-state index contributed by atoms with van der Waals surface area (Å²) >= 11 is 17.6. The van der Waals surface area contributed by atoms with E-state index in [1.807, 2.05) is 32.0 Å². The minimum Gasteiger partial charge on any atom is -0.279 e. The monoisotopic (exact) mass is 433 g/mol. The first-order chi connectivity index (χ1) is 12.2. The standard InChI is InChI=1S/C18H18Cl3NO3S/c1-3-12-6-5-7-13(4-2)18(12)22(11-17(21)23)26(24,25)16-10-14(19)8-9-15(16)20/h5-10H,3-4,11H2,1-2H3. The van der Waals surface area contributed by atoms with Gasteiger partial charge in [-0.2, -0.15) is 0 Å². The molecule has 0 aromatic heterocycles. The quantitative estimate of drug-likeness (QED) is 0.571. The maximum atomic E-state index is 13.3. The number of hydrogen-bond acceptors (Lipinski definition) is 3. The molecule has 0 unspecified atom stereocenters. The lowest BCUT2D eigenvalue weighted by Crippen LogP contribution is -2.36. The van der Waals surface area contributed by atoms with Crippen molar-refractivity contribution in [2.24, 2.45) is 0 Å². The zero-order valence-corrected chi connectivity index (χ0v) is 17.4. The van der Waals surface area contributed by atoms with Gasteiger partial charge in [-0.3, -0.25) is 9.10 Å². The van der Waals surface area contributed by atoms with Crippen LogP contribution in [-0.4, -0.2) is 20.2 Å². The van der Waals surface area contributed by atoms with Crippen LogP contribution in [0.3, 0.4) is 0 Å². The van der Waals surface area contributed by atoms with Gasteiger partial charge < -0.3 is 0 Å². The molecule has 0 aliphatic carbocycles. The number of benzene rings is 2. The van der Waals surface area contributed by atoms with E-state index < -0.39 is 21.8 Å². The minimum absolute atomic E-state index is 0.0217. The normalized spacial score (nSPS) is 11.4. The molecule has 0 spiro atoms. The molecule has 2 aromatic rings. The van der Waals surface area contributed by atoms with Gasteiger partial charge in [-0.25, -0.2) is 8.42 Å². The maximum Gasteiger partial charge on any atom is 0.266 e. The summed E-state index contributed by atoms with van der Waals surface area (Å²) in [5.41, 5.74) is 2.05. The second kappa shape index (κ2) is 8.61. The van der Waals surface area contributed by atoms with Crippen molar-refractivity contribution < 1.29 is 13.2 Å². The van der Waals surface area contributed by atoms with Gasteiger partial charge >= 0.3 is 0 Å². The number of halogens is 3. The molecule has 26 heavy (non-hydrogen) atoms. The van der Waals surface area contributed by atoms with E-state index in [0.29, 0.717) is 18.5 Å². The summed E-state index contributed by atoms with van der Waals surface area (Å²) in [6, 6.07) is 9.69. The smallest absolute Gasteiger partial charge is 0.266 e. The highest BCUT2D eigenvalue weighted by atomic mass is 35.5. The molecule has 0 radical (unpaired) electrons. The van der Waals surface area contributed by atoms with Crippen molar-refractivity contribution in [3.05, 3.63) is 57.6 Å². The third-order valence-electron chi connectivity index (χ3n) is 3.94. The van der Waals surface area contributed by atoms with Gasteiger partial charge in [-0.1, -0.05) is 55.2 Å². The van der Waals surface area contributed by atoms with E-state index in [-0.39, 0.29) is 14.9 Å². The highest BCUT2D eigenvalue weighted by Gasteiger charge is 2.31. The van der Waals surface area contributed by atoms with Crippen LogP contribution in [0.2, 0.25) is 10.0 Å². The van der Waals surface area contributed by atoms with Gasteiger partial charge in [0, 0.05) is 5.02 Å². The van der Waals surface area contributed by atoms with E-state index in [0.717, 1.165) is 15.4 Å². The van der Waals surface area contributed by atoms with E-state index in [9.17, 15) is 13.2 Å². The molecule has 0 heterocycles. The maximum absolute atomic E-state index is 13.3. The van der Waals surface area contributed by atoms with Crippen molar-refractivity contribution in [1.82, 2.24) is 0 Å². The average Bonchev–Trinajstić information content (AvgIpc) is 2.60. The van der Waals surface area contributed by atoms with Gasteiger partial charge in [-0.15, -0.1) is 0 Å². The van der Waals surface area contributed by atoms with Gasteiger partial charge in [-0.05, 0) is 53.8 Å². The minimum atomic E-state index is -4.16. The van der Waals surface area contributed by atoms with Gasteiger partial charge in [0.2, 0.25) is 5.24 Å². The fourth-order valence-electron chi connectivity index (χ4n) is 2.73. The topological polar surface area (TPSA) is 54.5 Å². The number of anilines is 1. The Labute approximate surface area is 168 Å². The summed E-state index contributed by atoms with van der Waals surface area (Å²) in [7, 11) is -4.16. The van der Waals surface area contributed by atoms with Gasteiger partial charge in [0.15, 0.2) is 0 Å². The van der Waals surface area contributed by atoms with Crippen LogP contribution in [0.25, 0.3) is 0 Å².